The van der Waals surface area contributed by atoms with E-state index in [2.05, 4.69) is 5.32 Å². The molecule has 0 fully saturated rings. The highest BCUT2D eigenvalue weighted by molar-refractivity contribution is 5.94. The Morgan fingerprint density at radius 3 is 2.52 bits per heavy atom. The van der Waals surface area contributed by atoms with E-state index in [1.54, 1.807) is 45.7 Å². The molecule has 0 aliphatic heterocycles. The lowest BCUT2D eigenvalue weighted by Gasteiger charge is -2.18. The molecule has 2 aromatic rings. The molecule has 1 amide bonds. The van der Waals surface area contributed by atoms with E-state index in [0.717, 1.165) is 5.56 Å². The van der Waals surface area contributed by atoms with Crippen molar-refractivity contribution in [3.63, 3.8) is 0 Å². The first-order valence-electron chi connectivity index (χ1n) is 7.15. The zero-order chi connectivity index (χ0) is 17.0. The predicted molar refractivity (Wildman–Crippen MR) is 87.1 cm³/mol. The maximum absolute atomic E-state index is 12.3. The fraction of sp³-hybridized carbons (Fsp3) is 0.294. The molecule has 6 nitrogen and oxygen atoms in total. The number of amides is 1. The van der Waals surface area contributed by atoms with Gasteiger partial charge in [0.2, 0.25) is 0 Å². The highest BCUT2D eigenvalue weighted by Crippen LogP contribution is 2.29. The number of aromatic nitrogens is 1. The Hall–Kier alpha value is -2.76. The third kappa shape index (κ3) is 3.71. The van der Waals surface area contributed by atoms with Crippen molar-refractivity contribution < 1.29 is 14.3 Å². The number of rotatable bonds is 5. The number of pyridine rings is 1. The lowest BCUT2D eigenvalue weighted by Crippen LogP contribution is -2.28. The van der Waals surface area contributed by atoms with E-state index >= 15 is 0 Å². The lowest BCUT2D eigenvalue weighted by atomic mass is 10.1. The largest absolute Gasteiger partial charge is 0.497 e. The van der Waals surface area contributed by atoms with Crippen LogP contribution in [0.2, 0.25) is 0 Å². The number of carbonyl (C=O) groups excluding carboxylic acids is 1. The van der Waals surface area contributed by atoms with Gasteiger partial charge in [0.15, 0.2) is 0 Å². The third-order valence-corrected chi connectivity index (χ3v) is 3.62. The normalized spacial score (nSPS) is 11.7. The molecule has 0 aliphatic rings. The number of carbonyl (C=O) groups is 1. The molecule has 1 aromatic heterocycles. The molecular formula is C17H20N2O4. The van der Waals surface area contributed by atoms with E-state index in [1.807, 2.05) is 13.0 Å². The monoisotopic (exact) mass is 316 g/mol. The molecule has 6 heteroatoms. The summed E-state index contributed by atoms with van der Waals surface area (Å²) in [5, 5.41) is 2.86. The predicted octanol–water partition coefficient (Wildman–Crippen LogP) is 1.89. The van der Waals surface area contributed by atoms with Gasteiger partial charge in [-0.2, -0.15) is 0 Å². The van der Waals surface area contributed by atoms with Crippen molar-refractivity contribution in [2.75, 3.05) is 14.2 Å². The molecule has 1 atom stereocenters. The summed E-state index contributed by atoms with van der Waals surface area (Å²) >= 11 is 0. The Balaban J connectivity index is 2.21. The Morgan fingerprint density at radius 2 is 1.91 bits per heavy atom. The molecule has 0 aliphatic carbocycles. The molecule has 0 saturated carbocycles. The van der Waals surface area contributed by atoms with E-state index in [9.17, 15) is 9.59 Å². The summed E-state index contributed by atoms with van der Waals surface area (Å²) in [5.74, 6) is 0.991. The van der Waals surface area contributed by atoms with Gasteiger partial charge in [0.1, 0.15) is 11.5 Å². The molecule has 2 rings (SSSR count). The fourth-order valence-electron chi connectivity index (χ4n) is 2.22. The van der Waals surface area contributed by atoms with Crippen LogP contribution in [0.15, 0.2) is 41.3 Å². The summed E-state index contributed by atoms with van der Waals surface area (Å²) in [6.07, 6.45) is 1.57. The molecule has 0 saturated heterocycles. The summed E-state index contributed by atoms with van der Waals surface area (Å²) in [6.45, 7) is 1.85. The van der Waals surface area contributed by atoms with E-state index in [0.29, 0.717) is 17.1 Å². The van der Waals surface area contributed by atoms with Gasteiger partial charge in [-0.25, -0.2) is 0 Å². The van der Waals surface area contributed by atoms with Crippen LogP contribution < -0.4 is 20.3 Å². The Labute approximate surface area is 134 Å². The minimum atomic E-state index is -0.312. The number of ether oxygens (including phenoxy) is 2. The van der Waals surface area contributed by atoms with Crippen LogP contribution in [0.3, 0.4) is 0 Å². The highest BCUT2D eigenvalue weighted by atomic mass is 16.5. The van der Waals surface area contributed by atoms with Gasteiger partial charge in [0, 0.05) is 36.5 Å². The van der Waals surface area contributed by atoms with Crippen LogP contribution in [0.1, 0.15) is 28.9 Å². The number of hydrogen-bond acceptors (Lipinski definition) is 4. The first-order chi connectivity index (χ1) is 11.0. The lowest BCUT2D eigenvalue weighted by molar-refractivity contribution is 0.0939. The molecule has 1 N–H and O–H groups in total. The molecule has 0 bridgehead atoms. The van der Waals surface area contributed by atoms with Gasteiger partial charge in [-0.15, -0.1) is 0 Å². The number of benzene rings is 1. The summed E-state index contributed by atoms with van der Waals surface area (Å²) in [4.78, 5) is 23.9. The van der Waals surface area contributed by atoms with Gasteiger partial charge in [0.05, 0.1) is 20.3 Å². The second-order valence-corrected chi connectivity index (χ2v) is 5.17. The van der Waals surface area contributed by atoms with Gasteiger partial charge in [-0.3, -0.25) is 9.59 Å². The average Bonchev–Trinajstić information content (AvgIpc) is 2.56. The molecule has 0 radical (unpaired) electrons. The van der Waals surface area contributed by atoms with Gasteiger partial charge >= 0.3 is 0 Å². The molecular weight excluding hydrogens is 296 g/mol. The molecule has 23 heavy (non-hydrogen) atoms. The van der Waals surface area contributed by atoms with E-state index in [-0.39, 0.29) is 17.5 Å². The van der Waals surface area contributed by atoms with Crippen molar-refractivity contribution in [2.24, 2.45) is 7.05 Å². The van der Waals surface area contributed by atoms with Crippen molar-refractivity contribution in [3.8, 4) is 11.5 Å². The SMILES string of the molecule is COc1ccc(C(C)NC(=O)c2ccn(C)c(=O)c2)c(OC)c1. The fourth-order valence-corrected chi connectivity index (χ4v) is 2.22. The van der Waals surface area contributed by atoms with Crippen LogP contribution in [-0.4, -0.2) is 24.7 Å². The number of nitrogens with zero attached hydrogens (tertiary/aromatic N) is 1. The highest BCUT2D eigenvalue weighted by Gasteiger charge is 2.16. The average molecular weight is 316 g/mol. The molecule has 1 unspecified atom stereocenters. The third-order valence-electron chi connectivity index (χ3n) is 3.62. The maximum atomic E-state index is 12.3. The van der Waals surface area contributed by atoms with Crippen LogP contribution >= 0.6 is 0 Å². The first-order valence-corrected chi connectivity index (χ1v) is 7.15. The van der Waals surface area contributed by atoms with Crippen molar-refractivity contribution in [2.45, 2.75) is 13.0 Å². The zero-order valence-electron chi connectivity index (χ0n) is 13.6. The Morgan fingerprint density at radius 1 is 1.17 bits per heavy atom. The minimum Gasteiger partial charge on any atom is -0.497 e. The van der Waals surface area contributed by atoms with Crippen molar-refractivity contribution in [3.05, 3.63) is 58.0 Å². The Kier molecular flexibility index (Phi) is 5.05. The van der Waals surface area contributed by atoms with Crippen molar-refractivity contribution in [1.82, 2.24) is 9.88 Å². The molecule has 1 heterocycles. The van der Waals surface area contributed by atoms with E-state index in [1.165, 1.54) is 10.6 Å². The number of aryl methyl sites for hydroxylation is 1. The number of nitrogens with one attached hydrogen (secondary N) is 1. The van der Waals surface area contributed by atoms with Crippen LogP contribution in [0, 0.1) is 0 Å². The topological polar surface area (TPSA) is 69.6 Å². The maximum Gasteiger partial charge on any atom is 0.252 e. The second-order valence-electron chi connectivity index (χ2n) is 5.17. The molecule has 122 valence electrons. The van der Waals surface area contributed by atoms with Gasteiger partial charge in [-0.05, 0) is 25.1 Å². The molecule has 0 spiro atoms. The van der Waals surface area contributed by atoms with E-state index < -0.39 is 0 Å². The van der Waals surface area contributed by atoms with Gasteiger partial charge in [-0.1, -0.05) is 0 Å². The zero-order valence-corrected chi connectivity index (χ0v) is 13.6. The van der Waals surface area contributed by atoms with Crippen molar-refractivity contribution >= 4 is 5.91 Å². The van der Waals surface area contributed by atoms with Gasteiger partial charge < -0.3 is 19.4 Å². The summed E-state index contributed by atoms with van der Waals surface area (Å²) in [6, 6.07) is 8.04. The van der Waals surface area contributed by atoms with E-state index in [4.69, 9.17) is 9.47 Å². The standard InChI is InChI=1S/C17H20N2O4/c1-11(14-6-5-13(22-3)10-15(14)23-4)18-17(21)12-7-8-19(2)16(20)9-12/h5-11H,1-4H3,(H,18,21). The van der Waals surface area contributed by atoms with Crippen molar-refractivity contribution in [1.29, 1.82) is 0 Å². The summed E-state index contributed by atoms with van der Waals surface area (Å²) < 4.78 is 11.9. The van der Waals surface area contributed by atoms with Gasteiger partial charge in [0.25, 0.3) is 11.5 Å². The summed E-state index contributed by atoms with van der Waals surface area (Å²) in [7, 11) is 4.78. The summed E-state index contributed by atoms with van der Waals surface area (Å²) in [5.41, 5.74) is 0.922. The van der Waals surface area contributed by atoms with Crippen LogP contribution in [0.25, 0.3) is 0 Å². The quantitative estimate of drug-likeness (QED) is 0.914. The number of methoxy groups -OCH3 is 2. The number of hydrogen-bond donors (Lipinski definition) is 1. The smallest absolute Gasteiger partial charge is 0.252 e. The van der Waals surface area contributed by atoms with Crippen LogP contribution in [0.4, 0.5) is 0 Å². The first kappa shape index (κ1) is 16.6. The Bertz CT molecular complexity index is 767. The molecule has 1 aromatic carbocycles. The van der Waals surface area contributed by atoms with Crippen LogP contribution in [0.5, 0.6) is 11.5 Å². The minimum absolute atomic E-state index is 0.229. The van der Waals surface area contributed by atoms with Crippen LogP contribution in [-0.2, 0) is 7.05 Å². The second kappa shape index (κ2) is 7.00.